The molecule has 0 unspecified atom stereocenters. The number of alkyl halides is 2. The Kier molecular flexibility index (Phi) is 7.54. The molecule has 0 aliphatic carbocycles. The Morgan fingerprint density at radius 2 is 2.03 bits per heavy atom. The highest BCUT2D eigenvalue weighted by atomic mass is 19.3. The lowest BCUT2D eigenvalue weighted by molar-refractivity contribution is -0.133. The van der Waals surface area contributed by atoms with E-state index >= 15 is 4.39 Å². The van der Waals surface area contributed by atoms with Crippen LogP contribution in [-0.4, -0.2) is 73.2 Å². The van der Waals surface area contributed by atoms with Crippen LogP contribution in [0.25, 0.3) is 0 Å². The molecule has 4 rings (SSSR count). The van der Waals surface area contributed by atoms with E-state index in [0.29, 0.717) is 37.6 Å². The largest absolute Gasteiger partial charge is 0.444 e. The van der Waals surface area contributed by atoms with Crippen LogP contribution in [0.15, 0.2) is 35.1 Å². The van der Waals surface area contributed by atoms with Gasteiger partial charge in [0, 0.05) is 32.1 Å². The summed E-state index contributed by atoms with van der Waals surface area (Å²) in [6.07, 6.45) is -3.48. The van der Waals surface area contributed by atoms with Crippen LogP contribution < -0.4 is 15.2 Å². The third kappa shape index (κ3) is 5.91. The van der Waals surface area contributed by atoms with Crippen molar-refractivity contribution in [1.29, 1.82) is 0 Å². The lowest BCUT2D eigenvalue weighted by Crippen LogP contribution is -2.44. The minimum absolute atomic E-state index is 0.0291. The summed E-state index contributed by atoms with van der Waals surface area (Å²) in [6, 6.07) is 5.92. The first kappa shape index (κ1) is 24.5. The van der Waals surface area contributed by atoms with E-state index < -0.39 is 36.6 Å². The maximum absolute atomic E-state index is 15.0. The van der Waals surface area contributed by atoms with E-state index in [1.54, 1.807) is 23.1 Å². The summed E-state index contributed by atoms with van der Waals surface area (Å²) in [6.45, 7) is 1.57. The van der Waals surface area contributed by atoms with E-state index in [1.165, 1.54) is 22.2 Å². The van der Waals surface area contributed by atoms with Crippen molar-refractivity contribution in [3.05, 3.63) is 42.0 Å². The van der Waals surface area contributed by atoms with Gasteiger partial charge >= 0.3 is 6.09 Å². The number of ketones is 1. The van der Waals surface area contributed by atoms with Gasteiger partial charge < -0.3 is 14.2 Å². The first-order valence-electron chi connectivity index (χ1n) is 11.1. The highest BCUT2D eigenvalue weighted by Crippen LogP contribution is 2.29. The lowest BCUT2D eigenvalue weighted by Gasteiger charge is -2.24. The van der Waals surface area contributed by atoms with Crippen molar-refractivity contribution in [2.75, 3.05) is 42.5 Å². The van der Waals surface area contributed by atoms with Gasteiger partial charge in [-0.1, -0.05) is 5.16 Å². The number of rotatable bonds is 8. The number of anilines is 2. The molecule has 2 aromatic rings. The molecule has 10 nitrogen and oxygen atoms in total. The van der Waals surface area contributed by atoms with Crippen LogP contribution in [0, 0.1) is 5.82 Å². The van der Waals surface area contributed by atoms with Crippen LogP contribution >= 0.6 is 0 Å². The third-order valence-electron chi connectivity index (χ3n) is 5.82. The molecule has 0 spiro atoms. The summed E-state index contributed by atoms with van der Waals surface area (Å²) >= 11 is 0. The van der Waals surface area contributed by atoms with E-state index in [2.05, 4.69) is 10.6 Å². The van der Waals surface area contributed by atoms with Gasteiger partial charge in [0.15, 0.2) is 5.78 Å². The van der Waals surface area contributed by atoms with Gasteiger partial charge in [-0.05, 0) is 24.6 Å². The zero-order chi connectivity index (χ0) is 24.9. The van der Waals surface area contributed by atoms with Crippen LogP contribution in [-0.2, 0) is 20.7 Å². The van der Waals surface area contributed by atoms with Gasteiger partial charge in [-0.15, -0.1) is 0 Å². The number of amides is 2. The highest BCUT2D eigenvalue weighted by molar-refractivity contribution is 5.90. The molecule has 2 aliphatic rings. The molecule has 2 aliphatic heterocycles. The third-order valence-corrected chi connectivity index (χ3v) is 5.82. The Bertz CT molecular complexity index is 1070. The number of nitrogens with zero attached hydrogens (tertiary/aromatic N) is 4. The van der Waals surface area contributed by atoms with Crippen molar-refractivity contribution < 1.29 is 36.8 Å². The molecule has 35 heavy (non-hydrogen) atoms. The number of ether oxygens (including phenoxy) is 1. The molecule has 1 N–H and O–H groups in total. The van der Waals surface area contributed by atoms with Crippen LogP contribution in [0.2, 0.25) is 0 Å². The number of nitrogens with one attached hydrogen (secondary N) is 1. The van der Waals surface area contributed by atoms with Gasteiger partial charge in [-0.3, -0.25) is 19.5 Å². The second-order valence-electron chi connectivity index (χ2n) is 8.17. The maximum Gasteiger partial charge on any atom is 0.414 e. The van der Waals surface area contributed by atoms with Crippen molar-refractivity contribution in [3.8, 4) is 0 Å². The molecule has 1 aromatic carbocycles. The Morgan fingerprint density at radius 1 is 1.20 bits per heavy atom. The summed E-state index contributed by atoms with van der Waals surface area (Å²) in [4.78, 5) is 38.8. The Morgan fingerprint density at radius 3 is 2.74 bits per heavy atom. The van der Waals surface area contributed by atoms with E-state index in [9.17, 15) is 23.2 Å². The zero-order valence-corrected chi connectivity index (χ0v) is 18.7. The number of aromatic nitrogens is 1. The predicted molar refractivity (Wildman–Crippen MR) is 116 cm³/mol. The lowest BCUT2D eigenvalue weighted by atomic mass is 10.1. The number of hydrazine groups is 1. The number of carbonyl (C=O) groups is 3. The fourth-order valence-corrected chi connectivity index (χ4v) is 3.98. The van der Waals surface area contributed by atoms with Gasteiger partial charge in [0.1, 0.15) is 18.2 Å². The second kappa shape index (κ2) is 10.8. The van der Waals surface area contributed by atoms with Gasteiger partial charge in [0.05, 0.1) is 36.6 Å². The molecule has 2 amide bonds. The standard InChI is InChI=1S/C22H24F3N5O5/c23-17-12-15(29-13-16(35-22(29)33)2-4-19(31)21(24)25)1-3-18(17)28-7-6-26-30(9-8-28)20(32)11-14-5-10-34-27-14/h1,3,5,10,12,16,21,26H,2,4,6-9,11,13H2/t16-/m0/s1. The number of hydrogen-bond acceptors (Lipinski definition) is 8. The monoisotopic (exact) mass is 495 g/mol. The Balaban J connectivity index is 1.35. The number of carbonyl (C=O) groups excluding carboxylic acids is 3. The molecule has 2 saturated heterocycles. The maximum atomic E-state index is 15.0. The summed E-state index contributed by atoms with van der Waals surface area (Å²) in [5.74, 6) is -1.96. The molecule has 3 heterocycles. The fraction of sp³-hybridized carbons (Fsp3) is 0.455. The molecule has 0 saturated carbocycles. The molecule has 0 bridgehead atoms. The molecule has 1 aromatic heterocycles. The number of hydrogen-bond donors (Lipinski definition) is 1. The molecular formula is C22H24F3N5O5. The van der Waals surface area contributed by atoms with Crippen molar-refractivity contribution in [1.82, 2.24) is 15.6 Å². The molecular weight excluding hydrogens is 471 g/mol. The van der Waals surface area contributed by atoms with E-state index in [4.69, 9.17) is 9.26 Å². The Labute approximate surface area is 198 Å². The summed E-state index contributed by atoms with van der Waals surface area (Å²) in [5.41, 5.74) is 4.12. The van der Waals surface area contributed by atoms with E-state index in [0.717, 1.165) is 0 Å². The van der Waals surface area contributed by atoms with Crippen molar-refractivity contribution in [3.63, 3.8) is 0 Å². The summed E-state index contributed by atoms with van der Waals surface area (Å²) < 4.78 is 49.7. The average Bonchev–Trinajstić information content (AvgIpc) is 3.39. The quantitative estimate of drug-likeness (QED) is 0.594. The topological polar surface area (TPSA) is 108 Å². The average molecular weight is 495 g/mol. The molecule has 1 atom stereocenters. The minimum atomic E-state index is -3.06. The first-order chi connectivity index (χ1) is 16.8. The van der Waals surface area contributed by atoms with E-state index in [1.807, 2.05) is 0 Å². The van der Waals surface area contributed by atoms with Crippen LogP contribution in [0.4, 0.5) is 29.3 Å². The second-order valence-corrected chi connectivity index (χ2v) is 8.17. The number of halogens is 3. The summed E-state index contributed by atoms with van der Waals surface area (Å²) in [7, 11) is 0. The highest BCUT2D eigenvalue weighted by Gasteiger charge is 2.33. The number of benzene rings is 1. The first-order valence-corrected chi connectivity index (χ1v) is 11.1. The molecule has 188 valence electrons. The minimum Gasteiger partial charge on any atom is -0.444 e. The van der Waals surface area contributed by atoms with E-state index in [-0.39, 0.29) is 31.0 Å². The zero-order valence-electron chi connectivity index (χ0n) is 18.7. The van der Waals surface area contributed by atoms with Gasteiger partial charge in [0.25, 0.3) is 6.43 Å². The smallest absolute Gasteiger partial charge is 0.414 e. The fourth-order valence-electron chi connectivity index (χ4n) is 3.98. The van der Waals surface area contributed by atoms with Crippen LogP contribution in [0.1, 0.15) is 18.5 Å². The predicted octanol–water partition coefficient (Wildman–Crippen LogP) is 2.15. The normalized spacial score (nSPS) is 18.7. The van der Waals surface area contributed by atoms with Crippen molar-refractivity contribution in [2.45, 2.75) is 31.8 Å². The number of cyclic esters (lactones) is 1. The molecule has 2 fully saturated rings. The van der Waals surface area contributed by atoms with Crippen LogP contribution in [0.5, 0.6) is 0 Å². The van der Waals surface area contributed by atoms with Gasteiger partial charge in [-0.2, -0.15) is 0 Å². The number of Topliss-reactive ketones (excluding diaryl/α,β-unsaturated/α-hetero) is 1. The van der Waals surface area contributed by atoms with Crippen molar-refractivity contribution in [2.24, 2.45) is 0 Å². The van der Waals surface area contributed by atoms with Gasteiger partial charge in [-0.25, -0.2) is 23.4 Å². The molecule has 0 radical (unpaired) electrons. The summed E-state index contributed by atoms with van der Waals surface area (Å²) in [5, 5.41) is 5.20. The van der Waals surface area contributed by atoms with Crippen LogP contribution in [0.3, 0.4) is 0 Å². The Hall–Kier alpha value is -3.61. The van der Waals surface area contributed by atoms with Crippen molar-refractivity contribution >= 4 is 29.2 Å². The van der Waals surface area contributed by atoms with Gasteiger partial charge in [0.2, 0.25) is 5.91 Å². The molecule has 13 heteroatoms. The SMILES string of the molecule is O=C(CC[C@H]1CN(c2ccc(N3CCNN(C(=O)Cc4ccon4)CC3)c(F)c2)C(=O)O1)C(F)F.